The fraction of sp³-hybridized carbons (Fsp3) is 1.00. The Kier molecular flexibility index (Phi) is 12.7. The molecule has 0 saturated heterocycles. The van der Waals surface area contributed by atoms with E-state index in [1.165, 1.54) is 122 Å². The highest BCUT2D eigenvalue weighted by molar-refractivity contribution is 4.92. The molecule has 0 nitrogen and oxygen atoms in total. The molecule has 0 N–H and O–H groups in total. The molecule has 0 heterocycles. The Morgan fingerprint density at radius 3 is 1.91 bits per heavy atom. The predicted molar refractivity (Wildman–Crippen MR) is 145 cm³/mol. The maximum absolute atomic E-state index is 2.53. The summed E-state index contributed by atoms with van der Waals surface area (Å²) in [5, 5.41) is 0. The van der Waals surface area contributed by atoms with Gasteiger partial charge in [-0.15, -0.1) is 0 Å². The van der Waals surface area contributed by atoms with Crippen molar-refractivity contribution < 1.29 is 0 Å². The first kappa shape index (κ1) is 28.2. The molecule has 0 bridgehead atoms. The molecule has 2 rings (SSSR count). The molecular formula is C32H62. The fourth-order valence-corrected chi connectivity index (χ4v) is 8.64. The average molecular weight is 447 g/mol. The Morgan fingerprint density at radius 2 is 1.41 bits per heavy atom. The van der Waals surface area contributed by atoms with Crippen molar-refractivity contribution in [2.24, 2.45) is 34.5 Å². The van der Waals surface area contributed by atoms with Gasteiger partial charge in [-0.05, 0) is 79.4 Å². The van der Waals surface area contributed by atoms with Crippen molar-refractivity contribution >= 4 is 0 Å². The standard InChI is InChI=1S/C32H62/c1-7-18-27(8-2)25-31(10-4,11-5)29-20-13-15-22-30(23-16-14-21-29)32(12-6)24-17-19-28(9-3)26-32/h27-30H,7-26H2,1-6H3. The number of hydrogen-bond donors (Lipinski definition) is 0. The van der Waals surface area contributed by atoms with Crippen molar-refractivity contribution in [1.82, 2.24) is 0 Å². The molecule has 2 fully saturated rings. The van der Waals surface area contributed by atoms with Crippen molar-refractivity contribution in [2.75, 3.05) is 0 Å². The second-order valence-corrected chi connectivity index (χ2v) is 12.4. The van der Waals surface area contributed by atoms with Crippen molar-refractivity contribution in [3.05, 3.63) is 0 Å². The van der Waals surface area contributed by atoms with E-state index in [1.807, 2.05) is 0 Å². The first-order valence-corrected chi connectivity index (χ1v) is 15.5. The molecule has 0 aliphatic heterocycles. The van der Waals surface area contributed by atoms with Gasteiger partial charge in [0, 0.05) is 0 Å². The maximum atomic E-state index is 2.53. The van der Waals surface area contributed by atoms with E-state index in [1.54, 1.807) is 6.42 Å². The van der Waals surface area contributed by atoms with Crippen LogP contribution in [0.4, 0.5) is 0 Å². The van der Waals surface area contributed by atoms with Gasteiger partial charge in [-0.25, -0.2) is 0 Å². The molecule has 3 unspecified atom stereocenters. The summed E-state index contributed by atoms with van der Waals surface area (Å²) in [4.78, 5) is 0. The Bertz CT molecular complexity index is 462. The number of rotatable bonds is 11. The minimum Gasteiger partial charge on any atom is -0.0654 e. The Morgan fingerprint density at radius 1 is 0.781 bits per heavy atom. The van der Waals surface area contributed by atoms with Gasteiger partial charge in [-0.3, -0.25) is 0 Å². The summed E-state index contributed by atoms with van der Waals surface area (Å²) in [6, 6.07) is 0. The van der Waals surface area contributed by atoms with Gasteiger partial charge in [-0.2, -0.15) is 0 Å². The van der Waals surface area contributed by atoms with Crippen LogP contribution < -0.4 is 0 Å². The van der Waals surface area contributed by atoms with Crippen LogP contribution in [0.25, 0.3) is 0 Å². The number of hydrogen-bond acceptors (Lipinski definition) is 0. The SMILES string of the molecule is CCCC(CC)CC(CC)(CC)C1CCCCC(C2(CC)CCCC(CC)C2)CCCC1. The summed E-state index contributed by atoms with van der Waals surface area (Å²) in [6.45, 7) is 14.9. The van der Waals surface area contributed by atoms with Crippen molar-refractivity contribution in [2.45, 2.75) is 170 Å². The zero-order chi connectivity index (χ0) is 23.5. The summed E-state index contributed by atoms with van der Waals surface area (Å²) in [6.07, 6.45) is 29.7. The van der Waals surface area contributed by atoms with Crippen LogP contribution in [0.1, 0.15) is 170 Å². The van der Waals surface area contributed by atoms with Crippen molar-refractivity contribution in [3.8, 4) is 0 Å². The monoisotopic (exact) mass is 446 g/mol. The minimum atomic E-state index is 0.622. The smallest absolute Gasteiger partial charge is 0.0269 e. The lowest BCUT2D eigenvalue weighted by Crippen LogP contribution is -2.36. The quantitative estimate of drug-likeness (QED) is 0.296. The fourth-order valence-electron chi connectivity index (χ4n) is 8.64. The molecule has 190 valence electrons. The van der Waals surface area contributed by atoms with E-state index in [4.69, 9.17) is 0 Å². The largest absolute Gasteiger partial charge is 0.0654 e. The molecule has 2 aliphatic carbocycles. The summed E-state index contributed by atoms with van der Waals surface area (Å²) in [7, 11) is 0. The molecule has 32 heavy (non-hydrogen) atoms. The predicted octanol–water partition coefficient (Wildman–Crippen LogP) is 11.4. The van der Waals surface area contributed by atoms with E-state index in [2.05, 4.69) is 41.5 Å². The minimum absolute atomic E-state index is 0.622. The summed E-state index contributed by atoms with van der Waals surface area (Å²) < 4.78 is 0. The highest BCUT2D eigenvalue weighted by Gasteiger charge is 2.41. The zero-order valence-electron chi connectivity index (χ0n) is 23.5. The van der Waals surface area contributed by atoms with Crippen LogP contribution in [0.3, 0.4) is 0 Å². The summed E-state index contributed by atoms with van der Waals surface area (Å²) in [5.74, 6) is 3.99. The lowest BCUT2D eigenvalue weighted by atomic mass is 9.58. The molecule has 0 aromatic rings. The maximum Gasteiger partial charge on any atom is -0.0269 e. The first-order valence-electron chi connectivity index (χ1n) is 15.5. The third-order valence-corrected chi connectivity index (χ3v) is 11.1. The van der Waals surface area contributed by atoms with Gasteiger partial charge in [0.15, 0.2) is 0 Å². The van der Waals surface area contributed by atoms with Crippen molar-refractivity contribution in [1.29, 1.82) is 0 Å². The molecule has 0 aromatic carbocycles. The van der Waals surface area contributed by atoms with Crippen LogP contribution >= 0.6 is 0 Å². The normalized spacial score (nSPS) is 31.9. The zero-order valence-corrected chi connectivity index (χ0v) is 23.5. The molecule has 2 saturated carbocycles. The molecule has 0 amide bonds. The van der Waals surface area contributed by atoms with Crippen LogP contribution in [0.15, 0.2) is 0 Å². The highest BCUT2D eigenvalue weighted by Crippen LogP contribution is 2.53. The van der Waals surface area contributed by atoms with E-state index < -0.39 is 0 Å². The molecular weight excluding hydrogens is 384 g/mol. The van der Waals surface area contributed by atoms with Crippen LogP contribution in [0.5, 0.6) is 0 Å². The van der Waals surface area contributed by atoms with E-state index in [0.29, 0.717) is 10.8 Å². The van der Waals surface area contributed by atoms with E-state index >= 15 is 0 Å². The van der Waals surface area contributed by atoms with Gasteiger partial charge in [0.05, 0.1) is 0 Å². The van der Waals surface area contributed by atoms with Crippen LogP contribution in [0.2, 0.25) is 0 Å². The molecule has 2 aliphatic rings. The van der Waals surface area contributed by atoms with Crippen LogP contribution in [0, 0.1) is 34.5 Å². The summed E-state index contributed by atoms with van der Waals surface area (Å²) >= 11 is 0. The lowest BCUT2D eigenvalue weighted by Gasteiger charge is -2.47. The second kappa shape index (κ2) is 14.4. The van der Waals surface area contributed by atoms with Gasteiger partial charge >= 0.3 is 0 Å². The first-order chi connectivity index (χ1) is 15.5. The molecule has 3 atom stereocenters. The second-order valence-electron chi connectivity index (χ2n) is 12.4. The third-order valence-electron chi connectivity index (χ3n) is 11.1. The van der Waals surface area contributed by atoms with Gasteiger partial charge in [0.1, 0.15) is 0 Å². The molecule has 0 heteroatoms. The molecule has 0 aromatic heterocycles. The van der Waals surface area contributed by atoms with Gasteiger partial charge < -0.3 is 0 Å². The Hall–Kier alpha value is 0. The van der Waals surface area contributed by atoms with Gasteiger partial charge in [0.2, 0.25) is 0 Å². The average Bonchev–Trinajstić information content (AvgIpc) is 2.85. The van der Waals surface area contributed by atoms with Crippen molar-refractivity contribution in [3.63, 3.8) is 0 Å². The highest BCUT2D eigenvalue weighted by atomic mass is 14.5. The third kappa shape index (κ3) is 7.25. The van der Waals surface area contributed by atoms with Gasteiger partial charge in [-0.1, -0.05) is 125 Å². The summed E-state index contributed by atoms with van der Waals surface area (Å²) in [5.41, 5.74) is 1.32. The lowest BCUT2D eigenvalue weighted by molar-refractivity contribution is 0.0365. The van der Waals surface area contributed by atoms with Crippen LogP contribution in [-0.4, -0.2) is 0 Å². The van der Waals surface area contributed by atoms with E-state index in [-0.39, 0.29) is 0 Å². The van der Waals surface area contributed by atoms with Crippen LogP contribution in [-0.2, 0) is 0 Å². The van der Waals surface area contributed by atoms with E-state index in [9.17, 15) is 0 Å². The molecule has 0 radical (unpaired) electrons. The van der Waals surface area contributed by atoms with Gasteiger partial charge in [0.25, 0.3) is 0 Å². The molecule has 0 spiro atoms. The Labute approximate surface area is 204 Å². The topological polar surface area (TPSA) is 0 Å². The van der Waals surface area contributed by atoms with E-state index in [0.717, 1.165) is 23.7 Å². The Balaban J connectivity index is 2.04.